The van der Waals surface area contributed by atoms with Crippen LogP contribution in [0.4, 0.5) is 13.2 Å². The summed E-state index contributed by atoms with van der Waals surface area (Å²) in [5.41, 5.74) is 1.25. The molecule has 194 valence electrons. The lowest BCUT2D eigenvalue weighted by Gasteiger charge is -2.35. The Balaban J connectivity index is 0.000000429. The van der Waals surface area contributed by atoms with Gasteiger partial charge in [-0.25, -0.2) is 4.98 Å². The molecule has 1 aliphatic carbocycles. The fourth-order valence-electron chi connectivity index (χ4n) is 4.81. The number of aliphatic hydroxyl groups is 2. The number of alkyl halides is 3. The van der Waals surface area contributed by atoms with E-state index in [0.717, 1.165) is 63.1 Å². The number of hydrogen-bond acceptors (Lipinski definition) is 5. The summed E-state index contributed by atoms with van der Waals surface area (Å²) in [6.45, 7) is 3.07. The number of quaternary nitrogens is 1. The fraction of sp³-hybridized carbons (Fsp3) is 0.609. The minimum absolute atomic E-state index is 0.121. The Bertz CT molecular complexity index is 1020. The van der Waals surface area contributed by atoms with Crippen LogP contribution in [0.5, 0.6) is 0 Å². The van der Waals surface area contributed by atoms with E-state index in [4.69, 9.17) is 9.90 Å². The molecule has 35 heavy (non-hydrogen) atoms. The second-order valence-corrected chi connectivity index (χ2v) is 9.41. The van der Waals surface area contributed by atoms with Crippen molar-refractivity contribution < 1.29 is 47.4 Å². The molecule has 0 bridgehead atoms. The number of rotatable bonds is 6. The third kappa shape index (κ3) is 6.92. The Morgan fingerprint density at radius 2 is 1.94 bits per heavy atom. The van der Waals surface area contributed by atoms with Crippen molar-refractivity contribution in [2.24, 2.45) is 5.41 Å². The topological polar surface area (TPSA) is 134 Å². The number of aromatic amines is 1. The zero-order valence-electron chi connectivity index (χ0n) is 19.4. The number of pyridine rings is 1. The molecule has 3 heterocycles. The monoisotopic (exact) mass is 501 g/mol. The molecular formula is C23H32F3N4O5+. The number of H-pyrrole nitrogens is 1. The van der Waals surface area contributed by atoms with Crippen LogP contribution >= 0.6 is 0 Å². The highest BCUT2D eigenvalue weighted by Crippen LogP contribution is 2.35. The molecule has 2 aromatic heterocycles. The van der Waals surface area contributed by atoms with E-state index in [0.29, 0.717) is 12.2 Å². The van der Waals surface area contributed by atoms with E-state index >= 15 is 0 Å². The molecule has 2 aliphatic rings. The minimum Gasteiger partial charge on any atom is -0.542 e. The van der Waals surface area contributed by atoms with Gasteiger partial charge in [-0.15, -0.1) is 0 Å². The summed E-state index contributed by atoms with van der Waals surface area (Å²) >= 11 is 0. The van der Waals surface area contributed by atoms with Crippen LogP contribution in [0.25, 0.3) is 5.52 Å². The van der Waals surface area contributed by atoms with Gasteiger partial charge in [0.25, 0.3) is 5.91 Å². The number of imidazole rings is 1. The van der Waals surface area contributed by atoms with Crippen molar-refractivity contribution in [1.82, 2.24) is 10.3 Å². The highest BCUT2D eigenvalue weighted by Gasteiger charge is 2.34. The number of aromatic nitrogens is 2. The number of carbonyl (C=O) groups is 2. The number of carboxylic acid groups (broad SMARTS) is 1. The van der Waals surface area contributed by atoms with Crippen molar-refractivity contribution in [3.63, 3.8) is 0 Å². The van der Waals surface area contributed by atoms with Crippen molar-refractivity contribution in [2.45, 2.75) is 57.3 Å². The second kappa shape index (κ2) is 11.4. The number of hydrogen-bond donors (Lipinski definition) is 5. The van der Waals surface area contributed by atoms with E-state index in [9.17, 15) is 28.2 Å². The van der Waals surface area contributed by atoms with Gasteiger partial charge in [-0.05, 0) is 25.0 Å². The van der Waals surface area contributed by atoms with Crippen molar-refractivity contribution in [2.75, 3.05) is 26.2 Å². The standard InChI is InChI=1S/C21H30N4O3.C2HF3O2/c26-15-21(8-3-1-4-9-21)14-22-20(28)19-17-6-2-5-10-25(17)18(23-19)13-24-11-7-16(27)12-24;3-2(4,5)1(6)7/h2,5-6,10,16,26-27H,1,3-4,7-9,11-15H2,(H,22,28);(H,6,7)/p+1. The number of fused-ring (bicyclic) bond motifs is 1. The highest BCUT2D eigenvalue weighted by atomic mass is 19.4. The zero-order chi connectivity index (χ0) is 25.6. The Hall–Kier alpha value is -2.70. The number of nitrogens with zero attached hydrogens (tertiary/aromatic N) is 1. The van der Waals surface area contributed by atoms with Gasteiger partial charge in [0.1, 0.15) is 18.6 Å². The van der Waals surface area contributed by atoms with Gasteiger partial charge in [0.2, 0.25) is 5.69 Å². The molecule has 1 saturated heterocycles. The van der Waals surface area contributed by atoms with Gasteiger partial charge in [0.05, 0.1) is 19.3 Å². The molecule has 2 aromatic rings. The van der Waals surface area contributed by atoms with Gasteiger partial charge in [-0.3, -0.25) is 4.79 Å². The molecule has 9 nitrogen and oxygen atoms in total. The molecule has 0 spiro atoms. The summed E-state index contributed by atoms with van der Waals surface area (Å²) in [7, 11) is 0. The summed E-state index contributed by atoms with van der Waals surface area (Å²) in [5, 5.41) is 31.6. The number of nitrogens with one attached hydrogen (secondary N) is 3. The first kappa shape index (κ1) is 26.9. The Morgan fingerprint density at radius 3 is 2.51 bits per heavy atom. The average molecular weight is 502 g/mol. The van der Waals surface area contributed by atoms with E-state index in [1.807, 2.05) is 28.8 Å². The summed E-state index contributed by atoms with van der Waals surface area (Å²) in [4.78, 5) is 26.4. The van der Waals surface area contributed by atoms with E-state index < -0.39 is 12.1 Å². The van der Waals surface area contributed by atoms with E-state index in [-0.39, 0.29) is 24.0 Å². The van der Waals surface area contributed by atoms with Crippen molar-refractivity contribution in [3.05, 3.63) is 35.9 Å². The van der Waals surface area contributed by atoms with Crippen LogP contribution in [-0.2, 0) is 11.3 Å². The maximum atomic E-state index is 13.0. The van der Waals surface area contributed by atoms with E-state index in [1.54, 1.807) is 0 Å². The lowest BCUT2D eigenvalue weighted by molar-refractivity contribution is -0.908. The minimum atomic E-state index is -5.19. The van der Waals surface area contributed by atoms with E-state index in [2.05, 4.69) is 10.3 Å². The number of amides is 1. The van der Waals surface area contributed by atoms with Gasteiger partial charge >= 0.3 is 12.0 Å². The average Bonchev–Trinajstić information content (AvgIpc) is 3.41. The smallest absolute Gasteiger partial charge is 0.430 e. The fourth-order valence-corrected chi connectivity index (χ4v) is 4.81. The van der Waals surface area contributed by atoms with E-state index in [1.165, 1.54) is 11.3 Å². The molecule has 4 rings (SSSR count). The van der Waals surface area contributed by atoms with Crippen LogP contribution in [0, 0.1) is 5.41 Å². The molecule has 1 amide bonds. The maximum Gasteiger partial charge on any atom is 0.430 e. The molecule has 0 aromatic carbocycles. The summed E-state index contributed by atoms with van der Waals surface area (Å²) < 4.78 is 33.6. The number of carbonyl (C=O) groups excluding carboxylic acids is 2. The maximum absolute atomic E-state index is 13.0. The van der Waals surface area contributed by atoms with Crippen molar-refractivity contribution in [3.8, 4) is 0 Å². The van der Waals surface area contributed by atoms with Crippen LogP contribution in [-0.4, -0.2) is 65.6 Å². The molecule has 2 unspecified atom stereocenters. The summed E-state index contributed by atoms with van der Waals surface area (Å²) in [6.07, 6.45) is 2.76. The molecule has 12 heteroatoms. The third-order valence-electron chi connectivity index (χ3n) is 6.78. The Kier molecular flexibility index (Phi) is 8.73. The van der Waals surface area contributed by atoms with Crippen LogP contribution in [0.1, 0.15) is 54.8 Å². The largest absolute Gasteiger partial charge is 0.542 e. The first-order valence-corrected chi connectivity index (χ1v) is 11.7. The molecule has 5 N–H and O–H groups in total. The SMILES string of the molecule is O=C(NCC1(CO)CCCCC1)c1[nH]c(C[NH+]2CCC(O)C2)[n+]2ccccc12.O=C([O-])C(F)(F)F. The van der Waals surface area contributed by atoms with Gasteiger partial charge in [0.15, 0.2) is 12.1 Å². The lowest BCUT2D eigenvalue weighted by atomic mass is 9.74. The second-order valence-electron chi connectivity index (χ2n) is 9.41. The van der Waals surface area contributed by atoms with Crippen LogP contribution in [0.2, 0.25) is 0 Å². The quantitative estimate of drug-likeness (QED) is 0.320. The van der Waals surface area contributed by atoms with Gasteiger partial charge in [0, 0.05) is 18.4 Å². The summed E-state index contributed by atoms with van der Waals surface area (Å²) in [6, 6.07) is 5.85. The predicted octanol–water partition coefficient (Wildman–Crippen LogP) is -1.13. The number of aliphatic carboxylic acids is 1. The molecular weight excluding hydrogens is 469 g/mol. The predicted molar refractivity (Wildman–Crippen MR) is 115 cm³/mol. The lowest BCUT2D eigenvalue weighted by Crippen LogP contribution is -3.09. The zero-order valence-corrected chi connectivity index (χ0v) is 19.4. The Morgan fingerprint density at radius 1 is 1.26 bits per heavy atom. The first-order valence-electron chi connectivity index (χ1n) is 11.7. The van der Waals surface area contributed by atoms with Crippen LogP contribution < -0.4 is 19.7 Å². The molecule has 0 radical (unpaired) electrons. The number of aliphatic hydroxyl groups excluding tert-OH is 2. The van der Waals surface area contributed by atoms with Gasteiger partial charge in [-0.1, -0.05) is 25.3 Å². The Labute approximate surface area is 200 Å². The van der Waals surface area contributed by atoms with Gasteiger partial charge < -0.3 is 30.3 Å². The molecule has 1 aliphatic heterocycles. The van der Waals surface area contributed by atoms with Crippen LogP contribution in [0.3, 0.4) is 0 Å². The number of likely N-dealkylation sites (tertiary alicyclic amines) is 1. The number of halogens is 3. The molecule has 2 fully saturated rings. The van der Waals surface area contributed by atoms with Crippen LogP contribution in [0.15, 0.2) is 24.4 Å². The number of carboxylic acids is 1. The summed E-state index contributed by atoms with van der Waals surface area (Å²) in [5.74, 6) is -2.16. The first-order chi connectivity index (χ1) is 16.5. The molecule has 2 atom stereocenters. The normalized spacial score (nSPS) is 21.9. The molecule has 1 saturated carbocycles. The third-order valence-corrected chi connectivity index (χ3v) is 6.78. The van der Waals surface area contributed by atoms with Gasteiger partial charge in [-0.2, -0.15) is 17.6 Å². The highest BCUT2D eigenvalue weighted by molar-refractivity contribution is 5.97. The van der Waals surface area contributed by atoms with Crippen molar-refractivity contribution in [1.29, 1.82) is 0 Å². The van der Waals surface area contributed by atoms with Crippen molar-refractivity contribution >= 4 is 17.4 Å².